The van der Waals surface area contributed by atoms with Gasteiger partial charge in [-0.3, -0.25) is 4.18 Å². The number of benzene rings is 1. The minimum absolute atomic E-state index is 0.126. The molecule has 9 heteroatoms. The van der Waals surface area contributed by atoms with E-state index in [4.69, 9.17) is 13.7 Å². The molecular weight excluding hydrogens is 388 g/mol. The molecule has 0 spiro atoms. The Morgan fingerprint density at radius 2 is 1.93 bits per heavy atom. The quantitative estimate of drug-likeness (QED) is 0.406. The molecule has 0 aliphatic heterocycles. The third-order valence-electron chi connectivity index (χ3n) is 4.59. The Labute approximate surface area is 164 Å². The summed E-state index contributed by atoms with van der Waals surface area (Å²) in [5.41, 5.74) is -1.65. The average Bonchev–Trinajstić information content (AvgIpc) is 2.64. The molecule has 1 aromatic carbocycles. The van der Waals surface area contributed by atoms with Crippen molar-refractivity contribution in [3.8, 4) is 0 Å². The number of esters is 2. The van der Waals surface area contributed by atoms with Gasteiger partial charge in [0, 0.05) is 6.42 Å². The van der Waals surface area contributed by atoms with Crippen molar-refractivity contribution in [2.75, 3.05) is 13.4 Å². The van der Waals surface area contributed by atoms with Crippen LogP contribution < -0.4 is 0 Å². The Morgan fingerprint density at radius 1 is 1.29 bits per heavy atom. The topological polar surface area (TPSA) is 116 Å². The summed E-state index contributed by atoms with van der Waals surface area (Å²) in [4.78, 5) is 24.9. The maximum atomic E-state index is 12.5. The van der Waals surface area contributed by atoms with Crippen LogP contribution in [-0.4, -0.2) is 56.6 Å². The maximum Gasteiger partial charge on any atom is 0.339 e. The van der Waals surface area contributed by atoms with Crippen LogP contribution in [0.4, 0.5) is 0 Å². The molecule has 1 aromatic rings. The van der Waals surface area contributed by atoms with Gasteiger partial charge in [0.05, 0.1) is 25.0 Å². The van der Waals surface area contributed by atoms with Crippen LogP contribution >= 0.6 is 0 Å². The van der Waals surface area contributed by atoms with Gasteiger partial charge in [0.15, 0.2) is 5.60 Å². The molecule has 1 N–H and O–H groups in total. The lowest BCUT2D eigenvalue weighted by molar-refractivity contribution is -0.176. The van der Waals surface area contributed by atoms with Crippen molar-refractivity contribution in [3.05, 3.63) is 48.6 Å². The molecule has 1 aliphatic rings. The van der Waals surface area contributed by atoms with E-state index in [1.807, 2.05) is 0 Å². The van der Waals surface area contributed by atoms with E-state index < -0.39 is 45.8 Å². The second-order valence-corrected chi connectivity index (χ2v) is 8.34. The van der Waals surface area contributed by atoms with Crippen molar-refractivity contribution in [1.29, 1.82) is 0 Å². The van der Waals surface area contributed by atoms with Crippen molar-refractivity contribution in [2.24, 2.45) is 5.92 Å². The molecule has 1 fully saturated rings. The largest absolute Gasteiger partial charge is 0.467 e. The van der Waals surface area contributed by atoms with E-state index in [9.17, 15) is 23.1 Å². The van der Waals surface area contributed by atoms with Crippen LogP contribution in [0.25, 0.3) is 0 Å². The third kappa shape index (κ3) is 5.18. The number of aliphatic hydroxyl groups is 1. The van der Waals surface area contributed by atoms with Gasteiger partial charge >= 0.3 is 11.9 Å². The highest BCUT2D eigenvalue weighted by Gasteiger charge is 2.55. The fourth-order valence-electron chi connectivity index (χ4n) is 3.45. The normalized spacial score (nSPS) is 27.6. The first-order chi connectivity index (χ1) is 13.1. The number of ether oxygens (including phenoxy) is 2. The highest BCUT2D eigenvalue weighted by molar-refractivity contribution is 7.86. The summed E-state index contributed by atoms with van der Waals surface area (Å²) in [6.07, 6.45) is -0.196. The van der Waals surface area contributed by atoms with Gasteiger partial charge in [-0.2, -0.15) is 8.42 Å². The first kappa shape index (κ1) is 22.1. The predicted molar refractivity (Wildman–Crippen MR) is 99.9 cm³/mol. The van der Waals surface area contributed by atoms with Crippen LogP contribution in [0.15, 0.2) is 43.0 Å². The fraction of sp³-hybridized carbons (Fsp3) is 0.474. The first-order valence-corrected chi connectivity index (χ1v) is 10.5. The van der Waals surface area contributed by atoms with Crippen LogP contribution in [0.2, 0.25) is 0 Å². The van der Waals surface area contributed by atoms with Gasteiger partial charge in [-0.25, -0.2) is 9.59 Å². The Morgan fingerprint density at radius 3 is 2.46 bits per heavy atom. The maximum absolute atomic E-state index is 12.5. The lowest BCUT2D eigenvalue weighted by atomic mass is 9.73. The second-order valence-electron chi connectivity index (χ2n) is 6.77. The molecule has 1 saturated carbocycles. The van der Waals surface area contributed by atoms with Crippen molar-refractivity contribution in [1.82, 2.24) is 0 Å². The Balaban J connectivity index is 2.38. The van der Waals surface area contributed by atoms with Gasteiger partial charge < -0.3 is 14.6 Å². The van der Waals surface area contributed by atoms with Gasteiger partial charge in [-0.1, -0.05) is 24.3 Å². The molecule has 4 atom stereocenters. The molecule has 1 unspecified atom stereocenters. The Bertz CT molecular complexity index is 820. The van der Waals surface area contributed by atoms with Crippen LogP contribution in [0.1, 0.15) is 29.6 Å². The minimum Gasteiger partial charge on any atom is -0.467 e. The zero-order valence-corrected chi connectivity index (χ0v) is 16.6. The summed E-state index contributed by atoms with van der Waals surface area (Å²) < 4.78 is 38.9. The predicted octanol–water partition coefficient (Wildman–Crippen LogP) is 1.45. The van der Waals surface area contributed by atoms with Crippen LogP contribution in [-0.2, 0) is 28.6 Å². The van der Waals surface area contributed by atoms with E-state index in [2.05, 4.69) is 6.58 Å². The molecule has 28 heavy (non-hydrogen) atoms. The number of carbonyl (C=O) groups excluding carboxylic acids is 2. The van der Waals surface area contributed by atoms with E-state index >= 15 is 0 Å². The summed E-state index contributed by atoms with van der Waals surface area (Å²) >= 11 is 0. The van der Waals surface area contributed by atoms with Gasteiger partial charge in [-0.15, -0.1) is 6.58 Å². The summed E-state index contributed by atoms with van der Waals surface area (Å²) in [5.74, 6) is -2.25. The number of allylic oxidation sites excluding steroid dienone is 1. The van der Waals surface area contributed by atoms with Crippen LogP contribution in [0, 0.1) is 5.92 Å². The molecule has 2 rings (SSSR count). The molecule has 8 nitrogen and oxygen atoms in total. The van der Waals surface area contributed by atoms with Crippen LogP contribution in [0.5, 0.6) is 0 Å². The summed E-state index contributed by atoms with van der Waals surface area (Å²) in [7, 11) is -2.94. The smallest absolute Gasteiger partial charge is 0.339 e. The highest BCUT2D eigenvalue weighted by Crippen LogP contribution is 2.40. The number of hydrogen-bond donors (Lipinski definition) is 1. The van der Waals surface area contributed by atoms with E-state index in [1.165, 1.54) is 6.08 Å². The molecule has 0 bridgehead atoms. The van der Waals surface area contributed by atoms with Crippen molar-refractivity contribution < 1.29 is 36.8 Å². The average molecular weight is 412 g/mol. The SMILES string of the molecule is C=CC[C@H]1C[C@@](OS(C)(=O)=O)(C(=O)OC)C[C@@H](OC(=O)c2ccccc2)C1O. The van der Waals surface area contributed by atoms with E-state index in [-0.39, 0.29) is 24.8 Å². The summed E-state index contributed by atoms with van der Waals surface area (Å²) in [6, 6.07) is 8.12. The van der Waals surface area contributed by atoms with Gasteiger partial charge in [-0.05, 0) is 30.9 Å². The van der Waals surface area contributed by atoms with Crippen molar-refractivity contribution in [2.45, 2.75) is 37.1 Å². The standard InChI is InChI=1S/C19H24O8S/c1-4-8-14-11-19(18(22)25-2,27-28(3,23)24)12-15(16(14)20)26-17(21)13-9-6-5-7-10-13/h4-7,9-10,14-16,20H,1,8,11-12H2,2-3H3/t14-,15+,16?,19-/m0/s1. The van der Waals surface area contributed by atoms with Gasteiger partial charge in [0.1, 0.15) is 6.10 Å². The molecule has 0 radical (unpaired) electrons. The summed E-state index contributed by atoms with van der Waals surface area (Å²) in [5, 5.41) is 10.7. The van der Waals surface area contributed by atoms with Crippen LogP contribution in [0.3, 0.4) is 0 Å². The van der Waals surface area contributed by atoms with Crippen molar-refractivity contribution >= 4 is 22.1 Å². The number of rotatable bonds is 7. The zero-order chi connectivity index (χ0) is 20.9. The number of methoxy groups -OCH3 is 1. The number of hydrogen-bond acceptors (Lipinski definition) is 8. The Kier molecular flexibility index (Phi) is 6.97. The monoisotopic (exact) mass is 412 g/mol. The Hall–Kier alpha value is -2.23. The lowest BCUT2D eigenvalue weighted by Crippen LogP contribution is -2.57. The van der Waals surface area contributed by atoms with E-state index in [0.717, 1.165) is 13.4 Å². The van der Waals surface area contributed by atoms with Gasteiger partial charge in [0.2, 0.25) is 0 Å². The molecule has 0 heterocycles. The second kappa shape index (κ2) is 8.85. The minimum atomic E-state index is -4.05. The zero-order valence-electron chi connectivity index (χ0n) is 15.7. The molecule has 0 amide bonds. The lowest BCUT2D eigenvalue weighted by Gasteiger charge is -2.43. The molecular formula is C19H24O8S. The van der Waals surface area contributed by atoms with E-state index in [1.54, 1.807) is 30.3 Å². The van der Waals surface area contributed by atoms with Crippen molar-refractivity contribution in [3.63, 3.8) is 0 Å². The molecule has 1 aliphatic carbocycles. The summed E-state index contributed by atoms with van der Waals surface area (Å²) in [6.45, 7) is 3.62. The molecule has 0 aromatic heterocycles. The van der Waals surface area contributed by atoms with E-state index in [0.29, 0.717) is 0 Å². The third-order valence-corrected chi connectivity index (χ3v) is 5.21. The number of carbonyl (C=O) groups is 2. The fourth-order valence-corrected chi connectivity index (χ4v) is 4.23. The molecule has 0 saturated heterocycles. The molecule has 154 valence electrons. The first-order valence-electron chi connectivity index (χ1n) is 8.66. The van der Waals surface area contributed by atoms with Gasteiger partial charge in [0.25, 0.3) is 10.1 Å². The highest BCUT2D eigenvalue weighted by atomic mass is 32.2. The number of aliphatic hydroxyl groups excluding tert-OH is 1.